The van der Waals surface area contributed by atoms with E-state index in [4.69, 9.17) is 0 Å². The molecule has 0 aromatic heterocycles. The Morgan fingerprint density at radius 3 is 1.80 bits per heavy atom. The predicted octanol–water partition coefficient (Wildman–Crippen LogP) is 1.70. The predicted molar refractivity (Wildman–Crippen MR) is 21.4 cm³/mol. The van der Waals surface area contributed by atoms with Crippen molar-refractivity contribution in [2.45, 2.75) is 12.6 Å². The molecule has 0 aliphatic rings. The van der Waals surface area contributed by atoms with Gasteiger partial charge >= 0.3 is 0 Å². The van der Waals surface area contributed by atoms with Crippen LogP contribution in [-0.2, 0) is 0 Å². The van der Waals surface area contributed by atoms with E-state index in [1.165, 1.54) is 6.92 Å². The summed E-state index contributed by atoms with van der Waals surface area (Å²) in [5.74, 6) is 0. The summed E-state index contributed by atoms with van der Waals surface area (Å²) in [6.07, 6.45) is 0. The molecule has 3 N–H and O–H groups in total. The average Bonchev–Trinajstić information content (AvgIpc) is 0.811. The molecule has 0 heterocycles. The van der Waals surface area contributed by atoms with E-state index in [1.54, 1.807) is 0 Å². The third-order valence-electron chi connectivity index (χ3n) is 0. The van der Waals surface area contributed by atoms with Gasteiger partial charge in [0, 0.05) is 0 Å². The van der Waals surface area contributed by atoms with E-state index in [2.05, 4.69) is 11.6 Å². The van der Waals surface area contributed by atoms with Gasteiger partial charge in [0.05, 0.1) is 0 Å². The van der Waals surface area contributed by atoms with Gasteiger partial charge in [-0.05, 0) is 6.92 Å². The molecule has 1 atom stereocenters. The van der Waals surface area contributed by atoms with Gasteiger partial charge in [-0.25, -0.2) is 4.39 Å². The van der Waals surface area contributed by atoms with Crippen LogP contribution in [-0.4, -0.2) is 5.63 Å². The van der Waals surface area contributed by atoms with Crippen LogP contribution in [0.2, 0.25) is 0 Å². The third kappa shape index (κ3) is 613. The summed E-state index contributed by atoms with van der Waals surface area (Å²) in [4.78, 5) is 0. The van der Waals surface area contributed by atoms with E-state index >= 15 is 0 Å². The summed E-state index contributed by atoms with van der Waals surface area (Å²) in [7, 11) is 0. The maximum Gasteiger partial charge on any atom is 0.170 e. The lowest BCUT2D eigenvalue weighted by Crippen LogP contribution is -1.66. The molecule has 0 radical (unpaired) electrons. The maximum absolute atomic E-state index is 10.8. The van der Waals surface area contributed by atoms with Gasteiger partial charge in [-0.3, -0.25) is 0 Å². The lowest BCUT2D eigenvalue weighted by Gasteiger charge is -1.71. The quantitative estimate of drug-likeness (QED) is 0.461. The van der Waals surface area contributed by atoms with Crippen molar-refractivity contribution >= 4 is 11.6 Å². The minimum atomic E-state index is -1.19. The van der Waals surface area contributed by atoms with Gasteiger partial charge in [0.1, 0.15) is 0 Å². The Kier molecular flexibility index (Phi) is 7.48. The summed E-state index contributed by atoms with van der Waals surface area (Å²) in [6.45, 7) is 1.27. The molecule has 0 rings (SSSR count). The molecule has 0 spiro atoms. The fourth-order valence-corrected chi connectivity index (χ4v) is 0. The van der Waals surface area contributed by atoms with Crippen LogP contribution in [0.1, 0.15) is 6.92 Å². The summed E-state index contributed by atoms with van der Waals surface area (Å²) >= 11 is 4.61. The van der Waals surface area contributed by atoms with Crippen LogP contribution >= 0.6 is 11.6 Å². The van der Waals surface area contributed by atoms with Crippen molar-refractivity contribution in [3.8, 4) is 0 Å². The number of halogens is 2. The van der Waals surface area contributed by atoms with E-state index in [0.29, 0.717) is 0 Å². The Hall–Kier alpha value is 0.180. The van der Waals surface area contributed by atoms with E-state index in [1.807, 2.05) is 0 Å². The van der Waals surface area contributed by atoms with E-state index in [0.717, 1.165) is 0 Å². The second kappa shape index (κ2) is 4.18. The van der Waals surface area contributed by atoms with E-state index in [-0.39, 0.29) is 6.15 Å². The summed E-state index contributed by atoms with van der Waals surface area (Å²) in [6, 6.07) is 0. The van der Waals surface area contributed by atoms with Crippen LogP contribution in [0.5, 0.6) is 0 Å². The van der Waals surface area contributed by atoms with Gasteiger partial charge in [0.2, 0.25) is 0 Å². The fourth-order valence-electron chi connectivity index (χ4n) is 0. The topological polar surface area (TPSA) is 35.0 Å². The third-order valence-corrected chi connectivity index (χ3v) is 0. The van der Waals surface area contributed by atoms with Crippen LogP contribution in [0.15, 0.2) is 0 Å². The molecule has 0 amide bonds. The Labute approximate surface area is 35.7 Å². The lowest BCUT2D eigenvalue weighted by molar-refractivity contribution is 0.475. The fraction of sp³-hybridized carbons (Fsp3) is 1.00. The van der Waals surface area contributed by atoms with Crippen LogP contribution in [0.4, 0.5) is 4.39 Å². The number of alkyl halides is 2. The highest BCUT2D eigenvalue weighted by atomic mass is 35.5. The largest absolute Gasteiger partial charge is 0.344 e. The summed E-state index contributed by atoms with van der Waals surface area (Å²) in [5.41, 5.74) is -1.19. The zero-order valence-corrected chi connectivity index (χ0v) is 3.80. The Morgan fingerprint density at radius 1 is 1.80 bits per heavy atom. The summed E-state index contributed by atoms with van der Waals surface area (Å²) < 4.78 is 10.8. The van der Waals surface area contributed by atoms with Gasteiger partial charge in [0.25, 0.3) is 0 Å². The second-order valence-electron chi connectivity index (χ2n) is 0.519. The van der Waals surface area contributed by atoms with Crippen molar-refractivity contribution in [2.75, 3.05) is 0 Å². The molecule has 0 aromatic rings. The second-order valence-corrected chi connectivity index (χ2v) is 1.12. The van der Waals surface area contributed by atoms with Crippen LogP contribution in [0, 0.1) is 0 Å². The molecule has 5 heavy (non-hydrogen) atoms. The highest BCUT2D eigenvalue weighted by Gasteiger charge is 1.77. The molecular weight excluding hydrogens is 92.5 g/mol. The summed E-state index contributed by atoms with van der Waals surface area (Å²) in [5, 5.41) is 0. The molecule has 3 heteroatoms. The first kappa shape index (κ1) is 8.95. The molecular formula is C2H7ClFN. The van der Waals surface area contributed by atoms with Gasteiger partial charge in [-0.1, -0.05) is 11.6 Å². The van der Waals surface area contributed by atoms with Gasteiger partial charge in [-0.15, -0.1) is 0 Å². The number of hydrogen-bond donors (Lipinski definition) is 1. The van der Waals surface area contributed by atoms with Crippen LogP contribution < -0.4 is 6.15 Å². The first-order valence-corrected chi connectivity index (χ1v) is 1.45. The van der Waals surface area contributed by atoms with Crippen LogP contribution in [0.3, 0.4) is 0 Å². The van der Waals surface area contributed by atoms with E-state index in [9.17, 15) is 4.39 Å². The van der Waals surface area contributed by atoms with Crippen molar-refractivity contribution < 1.29 is 4.39 Å². The zero-order chi connectivity index (χ0) is 3.58. The van der Waals surface area contributed by atoms with Crippen molar-refractivity contribution in [3.63, 3.8) is 0 Å². The molecule has 1 unspecified atom stereocenters. The SMILES string of the molecule is CC(F)Cl.N. The van der Waals surface area contributed by atoms with Crippen molar-refractivity contribution in [1.82, 2.24) is 6.15 Å². The smallest absolute Gasteiger partial charge is 0.170 e. The first-order valence-electron chi connectivity index (χ1n) is 1.01. The van der Waals surface area contributed by atoms with Gasteiger partial charge < -0.3 is 6.15 Å². The van der Waals surface area contributed by atoms with Crippen molar-refractivity contribution in [1.29, 1.82) is 0 Å². The van der Waals surface area contributed by atoms with Crippen molar-refractivity contribution in [2.24, 2.45) is 0 Å². The normalized spacial score (nSPS) is 12.6. The molecule has 0 fully saturated rings. The lowest BCUT2D eigenvalue weighted by atomic mass is 10.9. The number of hydrogen-bond acceptors (Lipinski definition) is 1. The first-order chi connectivity index (χ1) is 1.73. The molecule has 0 bridgehead atoms. The maximum atomic E-state index is 10.8. The van der Waals surface area contributed by atoms with Gasteiger partial charge in [-0.2, -0.15) is 0 Å². The Bertz CT molecular complexity index is 14.4. The average molecular weight is 99.5 g/mol. The Morgan fingerprint density at radius 2 is 1.80 bits per heavy atom. The van der Waals surface area contributed by atoms with Gasteiger partial charge in [0.15, 0.2) is 5.63 Å². The standard InChI is InChI=1S/C2H4ClF.H3N/c1-2(3)4;/h2H,1H3;1H3. The molecule has 0 aromatic carbocycles. The highest BCUT2D eigenvalue weighted by Crippen LogP contribution is 1.89. The van der Waals surface area contributed by atoms with E-state index < -0.39 is 5.63 Å². The Balaban J connectivity index is 0. The van der Waals surface area contributed by atoms with Crippen molar-refractivity contribution in [3.05, 3.63) is 0 Å². The molecule has 34 valence electrons. The minimum Gasteiger partial charge on any atom is -0.344 e. The van der Waals surface area contributed by atoms with Crippen LogP contribution in [0.25, 0.3) is 0 Å². The molecule has 0 saturated carbocycles. The zero-order valence-electron chi connectivity index (χ0n) is 3.04. The molecule has 0 aliphatic carbocycles. The molecule has 0 saturated heterocycles. The molecule has 0 aliphatic heterocycles. The minimum absolute atomic E-state index is 0. The molecule has 1 nitrogen and oxygen atoms in total. The number of rotatable bonds is 0. The highest BCUT2D eigenvalue weighted by molar-refractivity contribution is 6.19. The monoisotopic (exact) mass is 99.0 g/mol.